The fraction of sp³-hybridized carbons (Fsp3) is 0.150. The summed E-state index contributed by atoms with van der Waals surface area (Å²) < 4.78 is 11.0. The molecule has 0 unspecified atom stereocenters. The van der Waals surface area contributed by atoms with Gasteiger partial charge in [0.1, 0.15) is 28.9 Å². The van der Waals surface area contributed by atoms with Crippen LogP contribution in [0.25, 0.3) is 17.4 Å². The number of carbonyl (C=O) groups excluding carboxylic acids is 2. The molecule has 2 amide bonds. The highest BCUT2D eigenvalue weighted by molar-refractivity contribution is 6.19. The Labute approximate surface area is 165 Å². The van der Waals surface area contributed by atoms with Crippen LogP contribution in [0.2, 0.25) is 0 Å². The minimum Gasteiger partial charge on any atom is -0.496 e. The van der Waals surface area contributed by atoms with Crippen LogP contribution in [-0.2, 0) is 9.59 Å². The van der Waals surface area contributed by atoms with E-state index >= 15 is 0 Å². The molecule has 3 rings (SSSR count). The molecule has 0 N–H and O–H groups in total. The number of hydrogen-bond donors (Lipinski definition) is 0. The smallest absolute Gasteiger partial charge is 0.273 e. The molecule has 0 atom stereocenters. The fourth-order valence-electron chi connectivity index (χ4n) is 2.91. The van der Waals surface area contributed by atoms with Gasteiger partial charge in [-0.3, -0.25) is 24.6 Å². The lowest BCUT2D eigenvalue weighted by Gasteiger charge is -2.23. The monoisotopic (exact) mass is 393 g/mol. The largest absolute Gasteiger partial charge is 0.496 e. The van der Waals surface area contributed by atoms with E-state index in [1.54, 1.807) is 12.1 Å². The van der Waals surface area contributed by atoms with E-state index in [1.165, 1.54) is 45.4 Å². The zero-order valence-electron chi connectivity index (χ0n) is 15.8. The number of non-ortho nitro benzene ring substituents is 1. The van der Waals surface area contributed by atoms with Crippen molar-refractivity contribution in [2.24, 2.45) is 0 Å². The summed E-state index contributed by atoms with van der Waals surface area (Å²) in [6.45, 7) is 1.52. The number of nitriles is 1. The number of ether oxygens (including phenoxy) is 1. The van der Waals surface area contributed by atoms with Gasteiger partial charge in [-0.25, -0.2) is 0 Å². The summed E-state index contributed by atoms with van der Waals surface area (Å²) in [5.74, 6) is -0.253. The minimum atomic E-state index is -0.650. The highest BCUT2D eigenvalue weighted by Gasteiger charge is 2.33. The number of nitrogens with zero attached hydrogens (tertiary/aromatic N) is 3. The average molecular weight is 393 g/mol. The topological polar surface area (TPSA) is 127 Å². The van der Waals surface area contributed by atoms with E-state index in [4.69, 9.17) is 9.15 Å². The number of hydrogen-bond acceptors (Lipinski definition) is 7. The van der Waals surface area contributed by atoms with Gasteiger partial charge in [-0.05, 0) is 36.8 Å². The summed E-state index contributed by atoms with van der Waals surface area (Å²) in [5, 5.41) is 20.1. The summed E-state index contributed by atoms with van der Waals surface area (Å²) in [4.78, 5) is 35.8. The second-order valence-electron chi connectivity index (χ2n) is 6.18. The van der Waals surface area contributed by atoms with Crippen LogP contribution in [0.3, 0.4) is 0 Å². The SMILES string of the molecule is COc1cc([N+](=O)[O-])ccc1-c1ccc(/C=C2\C(=O)N(C)C(=O)C(C#N)=C2C)o1. The molecular formula is C20H15N3O6. The molecule has 1 aliphatic heterocycles. The van der Waals surface area contributed by atoms with Gasteiger partial charge in [-0.15, -0.1) is 0 Å². The Bertz CT molecular complexity index is 1150. The number of amides is 2. The van der Waals surface area contributed by atoms with Crippen molar-refractivity contribution in [1.29, 1.82) is 5.26 Å². The van der Waals surface area contributed by atoms with Crippen molar-refractivity contribution in [1.82, 2.24) is 4.90 Å². The van der Waals surface area contributed by atoms with Crippen LogP contribution in [0.1, 0.15) is 12.7 Å². The molecule has 0 fully saturated rings. The van der Waals surface area contributed by atoms with Gasteiger partial charge in [-0.2, -0.15) is 5.26 Å². The normalized spacial score (nSPS) is 15.7. The van der Waals surface area contributed by atoms with Gasteiger partial charge in [0.25, 0.3) is 17.5 Å². The summed E-state index contributed by atoms with van der Waals surface area (Å²) in [6.07, 6.45) is 1.44. The number of nitro benzene ring substituents is 1. The molecule has 1 aromatic carbocycles. The Kier molecular flexibility index (Phi) is 5.02. The van der Waals surface area contributed by atoms with Crippen molar-refractivity contribution in [3.05, 3.63) is 62.9 Å². The highest BCUT2D eigenvalue weighted by atomic mass is 16.6. The Morgan fingerprint density at radius 2 is 1.97 bits per heavy atom. The lowest BCUT2D eigenvalue weighted by Crippen LogP contribution is -2.39. The number of methoxy groups -OCH3 is 1. The van der Waals surface area contributed by atoms with E-state index in [-0.39, 0.29) is 28.2 Å². The quantitative estimate of drug-likeness (QED) is 0.338. The molecule has 1 aliphatic rings. The maximum Gasteiger partial charge on any atom is 0.273 e. The minimum absolute atomic E-state index is 0.109. The van der Waals surface area contributed by atoms with Crippen LogP contribution in [0.4, 0.5) is 5.69 Å². The van der Waals surface area contributed by atoms with E-state index in [9.17, 15) is 25.0 Å². The third-order valence-electron chi connectivity index (χ3n) is 4.52. The van der Waals surface area contributed by atoms with Gasteiger partial charge in [-0.1, -0.05) is 0 Å². The second-order valence-corrected chi connectivity index (χ2v) is 6.18. The van der Waals surface area contributed by atoms with Crippen LogP contribution in [0.15, 0.2) is 51.5 Å². The molecule has 0 spiro atoms. The molecule has 2 aromatic rings. The zero-order chi connectivity index (χ0) is 21.3. The maximum atomic E-state index is 12.5. The van der Waals surface area contributed by atoms with E-state index in [0.717, 1.165) is 4.90 Å². The molecule has 29 heavy (non-hydrogen) atoms. The third-order valence-corrected chi connectivity index (χ3v) is 4.52. The van der Waals surface area contributed by atoms with Gasteiger partial charge in [0.15, 0.2) is 0 Å². The van der Waals surface area contributed by atoms with Gasteiger partial charge >= 0.3 is 0 Å². The van der Waals surface area contributed by atoms with Crippen LogP contribution in [0.5, 0.6) is 5.75 Å². The predicted molar refractivity (Wildman–Crippen MR) is 101 cm³/mol. The van der Waals surface area contributed by atoms with E-state index in [1.807, 2.05) is 6.07 Å². The number of benzene rings is 1. The molecular weight excluding hydrogens is 378 g/mol. The number of likely N-dealkylation sites (N-methyl/N-ethyl adjacent to an activating group) is 1. The summed E-state index contributed by atoms with van der Waals surface area (Å²) in [7, 11) is 2.69. The zero-order valence-corrected chi connectivity index (χ0v) is 15.8. The molecule has 9 heteroatoms. The first-order valence-electron chi connectivity index (χ1n) is 8.36. The number of carbonyl (C=O) groups is 2. The van der Waals surface area contributed by atoms with E-state index < -0.39 is 16.7 Å². The lowest BCUT2D eigenvalue weighted by molar-refractivity contribution is -0.384. The fourth-order valence-corrected chi connectivity index (χ4v) is 2.91. The predicted octanol–water partition coefficient (Wildman–Crippen LogP) is 3.09. The van der Waals surface area contributed by atoms with Gasteiger partial charge in [0.2, 0.25) is 0 Å². The highest BCUT2D eigenvalue weighted by Crippen LogP contribution is 2.35. The molecule has 2 heterocycles. The molecule has 9 nitrogen and oxygen atoms in total. The van der Waals surface area contributed by atoms with E-state index in [2.05, 4.69) is 0 Å². The van der Waals surface area contributed by atoms with Crippen molar-refractivity contribution < 1.29 is 23.7 Å². The van der Waals surface area contributed by atoms with Gasteiger partial charge in [0, 0.05) is 18.7 Å². The van der Waals surface area contributed by atoms with Crippen molar-refractivity contribution >= 4 is 23.6 Å². The number of imide groups is 1. The summed E-state index contributed by atoms with van der Waals surface area (Å²) >= 11 is 0. The summed E-state index contributed by atoms with van der Waals surface area (Å²) in [6, 6.07) is 9.17. The lowest BCUT2D eigenvalue weighted by atomic mass is 9.95. The Morgan fingerprint density at radius 3 is 2.59 bits per heavy atom. The van der Waals surface area contributed by atoms with Crippen molar-refractivity contribution in [3.63, 3.8) is 0 Å². The Morgan fingerprint density at radius 1 is 1.24 bits per heavy atom. The summed E-state index contributed by atoms with van der Waals surface area (Å²) in [5.41, 5.74) is 0.702. The Balaban J connectivity index is 2.04. The molecule has 0 saturated heterocycles. The average Bonchev–Trinajstić information content (AvgIpc) is 3.18. The standard InChI is InChI=1S/C20H15N3O6/c1-11-15(19(24)22(2)20(25)16(11)10-21)9-13-5-7-17(29-13)14-6-4-12(23(26)27)8-18(14)28-3/h4-9H,1-3H3/b15-9-. The second kappa shape index (κ2) is 7.44. The molecule has 0 aliphatic carbocycles. The first-order chi connectivity index (χ1) is 13.8. The number of furan rings is 1. The van der Waals surface area contributed by atoms with Crippen LogP contribution in [-0.4, -0.2) is 35.8 Å². The third kappa shape index (κ3) is 3.39. The first-order valence-corrected chi connectivity index (χ1v) is 8.36. The molecule has 0 radical (unpaired) electrons. The Hall–Kier alpha value is -4.19. The molecule has 0 bridgehead atoms. The van der Waals surface area contributed by atoms with Crippen LogP contribution in [0, 0.1) is 21.4 Å². The van der Waals surface area contributed by atoms with Gasteiger partial charge < -0.3 is 9.15 Å². The molecule has 1 aromatic heterocycles. The van der Waals surface area contributed by atoms with Crippen molar-refractivity contribution in [3.8, 4) is 23.1 Å². The van der Waals surface area contributed by atoms with E-state index in [0.29, 0.717) is 17.1 Å². The van der Waals surface area contributed by atoms with Crippen LogP contribution < -0.4 is 4.74 Å². The molecule has 0 saturated carbocycles. The maximum absolute atomic E-state index is 12.5. The van der Waals surface area contributed by atoms with Crippen molar-refractivity contribution in [2.75, 3.05) is 14.2 Å². The number of nitro groups is 1. The van der Waals surface area contributed by atoms with Gasteiger partial charge in [0.05, 0.1) is 23.7 Å². The first kappa shape index (κ1) is 19.6. The van der Waals surface area contributed by atoms with Crippen LogP contribution >= 0.6 is 0 Å². The van der Waals surface area contributed by atoms with Crippen molar-refractivity contribution in [2.45, 2.75) is 6.92 Å². The molecule has 146 valence electrons. The number of rotatable bonds is 4.